The Morgan fingerprint density at radius 2 is 1.70 bits per heavy atom. The minimum atomic E-state index is -0.458. The van der Waals surface area contributed by atoms with E-state index in [0.717, 1.165) is 37.4 Å². The van der Waals surface area contributed by atoms with Gasteiger partial charge in [0.05, 0.1) is 6.54 Å². The lowest BCUT2D eigenvalue weighted by molar-refractivity contribution is 0.1000. The summed E-state index contributed by atoms with van der Waals surface area (Å²) in [5.74, 6) is -0.210. The summed E-state index contributed by atoms with van der Waals surface area (Å²) in [7, 11) is 0. The molecule has 0 atom stereocenters. The predicted octanol–water partition coefficient (Wildman–Crippen LogP) is 2.18. The Balaban J connectivity index is 0.00000261. The fraction of sp³-hybridized carbons (Fsp3) is 0.263. The summed E-state index contributed by atoms with van der Waals surface area (Å²) in [6.07, 6.45) is 0. The molecule has 0 bridgehead atoms. The first-order valence-corrected chi connectivity index (χ1v) is 8.47. The second-order valence-corrected chi connectivity index (χ2v) is 6.19. The minimum Gasteiger partial charge on any atom is -0.370 e. The van der Waals surface area contributed by atoms with Gasteiger partial charge in [0.1, 0.15) is 5.82 Å². The third-order valence-corrected chi connectivity index (χ3v) is 4.43. The lowest BCUT2D eigenvalue weighted by atomic mass is 10.1. The molecule has 1 aliphatic heterocycles. The van der Waals surface area contributed by atoms with Gasteiger partial charge in [-0.05, 0) is 42.0 Å². The maximum atomic E-state index is 13.0. The van der Waals surface area contributed by atoms with E-state index in [1.807, 2.05) is 11.0 Å². The Morgan fingerprint density at radius 1 is 1.04 bits per heavy atom. The van der Waals surface area contributed by atoms with Crippen molar-refractivity contribution in [3.63, 3.8) is 0 Å². The van der Waals surface area contributed by atoms with Crippen LogP contribution in [0.3, 0.4) is 0 Å². The molecule has 0 unspecified atom stereocenters. The lowest BCUT2D eigenvalue weighted by Gasteiger charge is -2.36. The molecule has 2 aromatic rings. The second-order valence-electron chi connectivity index (χ2n) is 6.19. The number of benzene rings is 2. The Bertz CT molecular complexity index is 804. The van der Waals surface area contributed by atoms with E-state index < -0.39 is 5.91 Å². The smallest absolute Gasteiger partial charge is 0.248 e. The average Bonchev–Trinajstić information content (AvgIpc) is 2.67. The number of rotatable bonds is 4. The molecule has 3 rings (SSSR count). The summed E-state index contributed by atoms with van der Waals surface area (Å²) in [5, 5.41) is 0. The van der Waals surface area contributed by atoms with Crippen molar-refractivity contribution in [2.75, 3.05) is 31.1 Å². The zero-order valence-corrected chi connectivity index (χ0v) is 17.2. The van der Waals surface area contributed by atoms with Crippen LogP contribution < -0.4 is 16.4 Å². The van der Waals surface area contributed by atoms with Gasteiger partial charge in [-0.15, -0.1) is 24.0 Å². The van der Waals surface area contributed by atoms with Gasteiger partial charge < -0.3 is 21.3 Å². The minimum absolute atomic E-state index is 0. The summed E-state index contributed by atoms with van der Waals surface area (Å²) in [5.41, 5.74) is 13.8. The number of amides is 1. The zero-order valence-electron chi connectivity index (χ0n) is 14.8. The average molecular weight is 483 g/mol. The highest BCUT2D eigenvalue weighted by atomic mass is 127. The van der Waals surface area contributed by atoms with E-state index in [2.05, 4.69) is 9.89 Å². The summed E-state index contributed by atoms with van der Waals surface area (Å²) in [4.78, 5) is 19.9. The number of carbonyl (C=O) groups is 1. The van der Waals surface area contributed by atoms with Crippen molar-refractivity contribution in [1.29, 1.82) is 0 Å². The van der Waals surface area contributed by atoms with Gasteiger partial charge in [0, 0.05) is 37.4 Å². The van der Waals surface area contributed by atoms with E-state index >= 15 is 0 Å². The number of nitrogens with two attached hydrogens (primary N) is 2. The monoisotopic (exact) mass is 483 g/mol. The number of hydrogen-bond acceptors (Lipinski definition) is 3. The van der Waals surface area contributed by atoms with Crippen molar-refractivity contribution in [2.45, 2.75) is 6.54 Å². The molecule has 6 nitrogen and oxygen atoms in total. The van der Waals surface area contributed by atoms with Crippen molar-refractivity contribution in [2.24, 2.45) is 16.5 Å². The number of piperazine rings is 1. The van der Waals surface area contributed by atoms with Crippen LogP contribution in [0.5, 0.6) is 0 Å². The van der Waals surface area contributed by atoms with Gasteiger partial charge in [0.25, 0.3) is 0 Å². The molecular weight excluding hydrogens is 460 g/mol. The van der Waals surface area contributed by atoms with E-state index in [0.29, 0.717) is 18.1 Å². The first-order valence-electron chi connectivity index (χ1n) is 8.47. The van der Waals surface area contributed by atoms with Gasteiger partial charge in [-0.2, -0.15) is 0 Å². The van der Waals surface area contributed by atoms with Crippen molar-refractivity contribution >= 4 is 41.5 Å². The molecule has 0 aromatic heterocycles. The van der Waals surface area contributed by atoms with Crippen molar-refractivity contribution in [3.05, 3.63) is 65.5 Å². The van der Waals surface area contributed by atoms with Crippen LogP contribution in [0.25, 0.3) is 0 Å². The van der Waals surface area contributed by atoms with Gasteiger partial charge in [0.2, 0.25) is 5.91 Å². The molecule has 8 heteroatoms. The molecule has 1 heterocycles. The Morgan fingerprint density at radius 3 is 2.33 bits per heavy atom. The number of nitrogens with zero attached hydrogens (tertiary/aromatic N) is 3. The summed E-state index contributed by atoms with van der Waals surface area (Å²) >= 11 is 0. The highest BCUT2D eigenvalue weighted by molar-refractivity contribution is 14.0. The Labute approximate surface area is 175 Å². The standard InChI is InChI=1S/C19H22FN5O.HI/c20-16-4-6-17(7-5-16)24-8-10-25(11-9-24)19(22)23-13-14-2-1-3-15(12-14)18(21)26;/h1-7,12H,8-11,13H2,(H2,21,26)(H2,22,23);1H. The first kappa shape index (κ1) is 20.9. The third-order valence-electron chi connectivity index (χ3n) is 4.43. The van der Waals surface area contributed by atoms with E-state index in [-0.39, 0.29) is 29.8 Å². The molecule has 0 saturated carbocycles. The number of carbonyl (C=O) groups excluding carboxylic acids is 1. The van der Waals surface area contributed by atoms with Crippen LogP contribution in [-0.2, 0) is 6.54 Å². The largest absolute Gasteiger partial charge is 0.370 e. The van der Waals surface area contributed by atoms with Gasteiger partial charge in [-0.25, -0.2) is 9.38 Å². The molecule has 4 N–H and O–H groups in total. The molecule has 0 spiro atoms. The van der Waals surface area contributed by atoms with Crippen LogP contribution in [-0.4, -0.2) is 42.9 Å². The fourth-order valence-corrected chi connectivity index (χ4v) is 2.94. The molecule has 2 aromatic carbocycles. The number of aliphatic imine (C=N–C) groups is 1. The number of halogens is 2. The molecule has 144 valence electrons. The molecule has 1 amide bonds. The topological polar surface area (TPSA) is 87.9 Å². The molecule has 27 heavy (non-hydrogen) atoms. The first-order chi connectivity index (χ1) is 12.5. The molecule has 1 fully saturated rings. The number of primary amides is 1. The van der Waals surface area contributed by atoms with Crippen molar-refractivity contribution in [3.8, 4) is 0 Å². The summed E-state index contributed by atoms with van der Waals surface area (Å²) < 4.78 is 13.0. The molecule has 1 saturated heterocycles. The van der Waals surface area contributed by atoms with E-state index in [1.54, 1.807) is 30.3 Å². The summed E-state index contributed by atoms with van der Waals surface area (Å²) in [6.45, 7) is 3.46. The van der Waals surface area contributed by atoms with Crippen LogP contribution in [0.15, 0.2) is 53.5 Å². The second kappa shape index (κ2) is 9.54. The van der Waals surface area contributed by atoms with Crippen LogP contribution in [0.4, 0.5) is 10.1 Å². The summed E-state index contributed by atoms with van der Waals surface area (Å²) in [6, 6.07) is 13.6. The van der Waals surface area contributed by atoms with Gasteiger partial charge in [-0.3, -0.25) is 4.79 Å². The van der Waals surface area contributed by atoms with E-state index in [9.17, 15) is 9.18 Å². The lowest BCUT2D eigenvalue weighted by Crippen LogP contribution is -2.51. The number of hydrogen-bond donors (Lipinski definition) is 2. The van der Waals surface area contributed by atoms with Crippen LogP contribution in [0.1, 0.15) is 15.9 Å². The van der Waals surface area contributed by atoms with Crippen LogP contribution in [0, 0.1) is 5.82 Å². The molecule has 0 aliphatic carbocycles. The quantitative estimate of drug-likeness (QED) is 0.397. The third kappa shape index (κ3) is 5.56. The van der Waals surface area contributed by atoms with Gasteiger partial charge in [-0.1, -0.05) is 12.1 Å². The maximum absolute atomic E-state index is 13.0. The fourth-order valence-electron chi connectivity index (χ4n) is 2.94. The Hall–Kier alpha value is -2.36. The normalized spacial score (nSPS) is 14.6. The SMILES string of the molecule is I.NC(=O)c1cccc(CN=C(N)N2CCN(c3ccc(F)cc3)CC2)c1. The van der Waals surface area contributed by atoms with E-state index in [4.69, 9.17) is 11.5 Å². The van der Waals surface area contributed by atoms with Crippen LogP contribution >= 0.6 is 24.0 Å². The van der Waals surface area contributed by atoms with Gasteiger partial charge >= 0.3 is 0 Å². The molecule has 1 aliphatic rings. The van der Waals surface area contributed by atoms with E-state index in [1.165, 1.54) is 12.1 Å². The van der Waals surface area contributed by atoms with Crippen molar-refractivity contribution in [1.82, 2.24) is 4.90 Å². The highest BCUT2D eigenvalue weighted by Gasteiger charge is 2.18. The van der Waals surface area contributed by atoms with Crippen LogP contribution in [0.2, 0.25) is 0 Å². The zero-order chi connectivity index (χ0) is 18.5. The number of guanidine groups is 1. The van der Waals surface area contributed by atoms with Gasteiger partial charge in [0.15, 0.2) is 5.96 Å². The van der Waals surface area contributed by atoms with Crippen molar-refractivity contribution < 1.29 is 9.18 Å². The maximum Gasteiger partial charge on any atom is 0.248 e. The molecule has 0 radical (unpaired) electrons. The number of anilines is 1. The predicted molar refractivity (Wildman–Crippen MR) is 116 cm³/mol. The highest BCUT2D eigenvalue weighted by Crippen LogP contribution is 2.17. The Kier molecular flexibility index (Phi) is 7.40. The molecular formula is C19H23FIN5O.